The molecule has 5 heteroatoms. The minimum Gasteiger partial charge on any atom is -0.507 e. The Kier molecular flexibility index (Phi) is 2.77. The normalized spacial score (nSPS) is 14.7. The van der Waals surface area contributed by atoms with E-state index in [9.17, 15) is 5.11 Å². The lowest BCUT2D eigenvalue weighted by molar-refractivity contribution is 0.174. The van der Waals surface area contributed by atoms with Crippen molar-refractivity contribution in [3.63, 3.8) is 0 Å². The number of hydrogen-bond donors (Lipinski definition) is 2. The molecule has 0 amide bonds. The topological polar surface area (TPSA) is 60.0 Å². The summed E-state index contributed by atoms with van der Waals surface area (Å²) in [4.78, 5) is 0. The zero-order chi connectivity index (χ0) is 14.2. The van der Waals surface area contributed by atoms with Gasteiger partial charge in [-0.1, -0.05) is 0 Å². The molecule has 2 aromatic rings. The van der Waals surface area contributed by atoms with Gasteiger partial charge in [0.2, 0.25) is 6.79 Å². The molecule has 0 aromatic heterocycles. The fourth-order valence-corrected chi connectivity index (χ4v) is 2.61. The summed E-state index contributed by atoms with van der Waals surface area (Å²) in [6, 6.07) is 9.45. The smallest absolute Gasteiger partial charge is 0.231 e. The van der Waals surface area contributed by atoms with E-state index in [4.69, 9.17) is 14.2 Å². The number of anilines is 1. The molecule has 0 bridgehead atoms. The van der Waals surface area contributed by atoms with Gasteiger partial charge >= 0.3 is 0 Å². The fourth-order valence-electron chi connectivity index (χ4n) is 2.61. The van der Waals surface area contributed by atoms with Crippen LogP contribution in [0.5, 0.6) is 23.0 Å². The van der Waals surface area contributed by atoms with Crippen LogP contribution in [-0.4, -0.2) is 18.5 Å². The third-order valence-electron chi connectivity index (χ3n) is 3.75. The van der Waals surface area contributed by atoms with Gasteiger partial charge in [-0.2, -0.15) is 0 Å². The van der Waals surface area contributed by atoms with E-state index in [0.717, 1.165) is 30.0 Å². The van der Waals surface area contributed by atoms with E-state index in [1.54, 1.807) is 12.1 Å². The second-order valence-electron chi connectivity index (χ2n) is 5.11. The van der Waals surface area contributed by atoms with Gasteiger partial charge in [-0.15, -0.1) is 0 Å². The summed E-state index contributed by atoms with van der Waals surface area (Å²) >= 11 is 0. The van der Waals surface area contributed by atoms with Crippen molar-refractivity contribution in [2.75, 3.05) is 18.7 Å². The van der Waals surface area contributed by atoms with Gasteiger partial charge in [-0.25, -0.2) is 0 Å². The molecule has 2 aliphatic rings. The number of fused-ring (bicyclic) bond motifs is 2. The van der Waals surface area contributed by atoms with Crippen molar-refractivity contribution in [2.24, 2.45) is 0 Å². The van der Waals surface area contributed by atoms with Gasteiger partial charge in [-0.3, -0.25) is 0 Å². The lowest BCUT2D eigenvalue weighted by atomic mass is 10.1. The van der Waals surface area contributed by atoms with E-state index in [-0.39, 0.29) is 12.5 Å². The molecule has 4 rings (SSSR count). The molecule has 0 fully saturated rings. The third-order valence-corrected chi connectivity index (χ3v) is 3.75. The fraction of sp³-hybridized carbons (Fsp3) is 0.250. The van der Waals surface area contributed by atoms with Gasteiger partial charge in [0.05, 0.1) is 6.61 Å². The first-order chi connectivity index (χ1) is 10.3. The quantitative estimate of drug-likeness (QED) is 0.908. The first kappa shape index (κ1) is 12.2. The summed E-state index contributed by atoms with van der Waals surface area (Å²) in [5.41, 5.74) is 3.00. The van der Waals surface area contributed by atoms with Crippen LogP contribution in [0.1, 0.15) is 11.1 Å². The molecule has 0 unspecified atom stereocenters. The van der Waals surface area contributed by atoms with Gasteiger partial charge in [0, 0.05) is 30.3 Å². The molecule has 0 aliphatic carbocycles. The van der Waals surface area contributed by atoms with Gasteiger partial charge < -0.3 is 24.6 Å². The number of phenolic OH excluding ortho intramolecular Hbond substituents is 1. The molecule has 2 heterocycles. The van der Waals surface area contributed by atoms with Crippen molar-refractivity contribution in [1.29, 1.82) is 0 Å². The predicted molar refractivity (Wildman–Crippen MR) is 77.2 cm³/mol. The predicted octanol–water partition coefficient (Wildman–Crippen LogP) is 2.67. The lowest BCUT2D eigenvalue weighted by Crippen LogP contribution is -2.00. The summed E-state index contributed by atoms with van der Waals surface area (Å²) in [6.45, 7) is 1.47. The minimum absolute atomic E-state index is 0.205. The van der Waals surface area contributed by atoms with Gasteiger partial charge in [0.15, 0.2) is 11.5 Å². The molecule has 21 heavy (non-hydrogen) atoms. The Labute approximate surface area is 122 Å². The van der Waals surface area contributed by atoms with E-state index in [0.29, 0.717) is 18.0 Å². The summed E-state index contributed by atoms with van der Waals surface area (Å²) in [6.07, 6.45) is 0.945. The number of benzene rings is 2. The summed E-state index contributed by atoms with van der Waals surface area (Å²) in [5.74, 6) is 2.43. The van der Waals surface area contributed by atoms with Crippen LogP contribution < -0.4 is 19.5 Å². The lowest BCUT2D eigenvalue weighted by Gasteiger charge is -2.10. The second kappa shape index (κ2) is 4.77. The van der Waals surface area contributed by atoms with E-state index >= 15 is 0 Å². The van der Waals surface area contributed by atoms with Crippen molar-refractivity contribution in [3.8, 4) is 23.0 Å². The van der Waals surface area contributed by atoms with Crippen LogP contribution in [-0.2, 0) is 13.0 Å². The molecule has 2 N–H and O–H groups in total. The van der Waals surface area contributed by atoms with Gasteiger partial charge in [0.25, 0.3) is 0 Å². The zero-order valence-electron chi connectivity index (χ0n) is 11.4. The number of ether oxygens (including phenoxy) is 3. The van der Waals surface area contributed by atoms with Crippen LogP contribution in [0.15, 0.2) is 30.3 Å². The number of phenols is 1. The molecule has 0 radical (unpaired) electrons. The molecule has 0 spiro atoms. The van der Waals surface area contributed by atoms with Gasteiger partial charge in [-0.05, 0) is 29.8 Å². The van der Waals surface area contributed by atoms with Crippen molar-refractivity contribution >= 4 is 5.69 Å². The van der Waals surface area contributed by atoms with Crippen LogP contribution in [0.25, 0.3) is 0 Å². The zero-order valence-corrected chi connectivity index (χ0v) is 11.4. The molecule has 0 atom stereocenters. The Balaban J connectivity index is 1.52. The monoisotopic (exact) mass is 285 g/mol. The summed E-state index contributed by atoms with van der Waals surface area (Å²) < 4.78 is 16.0. The molecule has 2 aromatic carbocycles. The first-order valence-electron chi connectivity index (χ1n) is 6.91. The Morgan fingerprint density at radius 3 is 2.76 bits per heavy atom. The highest BCUT2D eigenvalue weighted by Gasteiger charge is 2.17. The number of aromatic hydroxyl groups is 1. The highest BCUT2D eigenvalue weighted by Crippen LogP contribution is 2.38. The highest BCUT2D eigenvalue weighted by molar-refractivity contribution is 5.55. The Morgan fingerprint density at radius 1 is 1.00 bits per heavy atom. The first-order valence-corrected chi connectivity index (χ1v) is 6.91. The summed E-state index contributed by atoms with van der Waals surface area (Å²) in [5, 5.41) is 13.3. The highest BCUT2D eigenvalue weighted by atomic mass is 16.7. The molecular weight excluding hydrogens is 270 g/mol. The average Bonchev–Trinajstić information content (AvgIpc) is 3.12. The van der Waals surface area contributed by atoms with Crippen LogP contribution >= 0.6 is 0 Å². The Hall–Kier alpha value is -2.56. The van der Waals surface area contributed by atoms with Crippen molar-refractivity contribution in [2.45, 2.75) is 13.0 Å². The van der Waals surface area contributed by atoms with E-state index in [1.165, 1.54) is 5.56 Å². The number of hydrogen-bond acceptors (Lipinski definition) is 5. The molecule has 0 saturated heterocycles. The van der Waals surface area contributed by atoms with Crippen LogP contribution in [0.4, 0.5) is 5.69 Å². The second-order valence-corrected chi connectivity index (χ2v) is 5.11. The van der Waals surface area contributed by atoms with Crippen molar-refractivity contribution < 1.29 is 19.3 Å². The van der Waals surface area contributed by atoms with Crippen molar-refractivity contribution in [3.05, 3.63) is 41.5 Å². The molecule has 2 aliphatic heterocycles. The Morgan fingerprint density at radius 2 is 1.86 bits per heavy atom. The Bertz CT molecular complexity index is 699. The number of rotatable bonds is 3. The standard InChI is InChI=1S/C16H15NO4/c18-13-7-16-15(20-9-21-16)6-11(13)8-17-12-1-2-14-10(5-12)3-4-19-14/h1-2,5-7,17-18H,3-4,8-9H2. The largest absolute Gasteiger partial charge is 0.507 e. The molecule has 108 valence electrons. The maximum absolute atomic E-state index is 10.0. The van der Waals surface area contributed by atoms with Crippen molar-refractivity contribution in [1.82, 2.24) is 0 Å². The average molecular weight is 285 g/mol. The maximum Gasteiger partial charge on any atom is 0.231 e. The molecular formula is C16H15NO4. The summed E-state index contributed by atoms with van der Waals surface area (Å²) in [7, 11) is 0. The number of nitrogens with one attached hydrogen (secondary N) is 1. The van der Waals surface area contributed by atoms with E-state index in [1.807, 2.05) is 12.1 Å². The third kappa shape index (κ3) is 2.20. The van der Waals surface area contributed by atoms with Crippen LogP contribution in [0, 0.1) is 0 Å². The van der Waals surface area contributed by atoms with Gasteiger partial charge in [0.1, 0.15) is 11.5 Å². The van der Waals surface area contributed by atoms with E-state index < -0.39 is 0 Å². The van der Waals surface area contributed by atoms with Crippen LogP contribution in [0.2, 0.25) is 0 Å². The molecule has 0 saturated carbocycles. The maximum atomic E-state index is 10.0. The minimum atomic E-state index is 0.205. The molecule has 5 nitrogen and oxygen atoms in total. The van der Waals surface area contributed by atoms with E-state index in [2.05, 4.69) is 11.4 Å². The van der Waals surface area contributed by atoms with Crippen LogP contribution in [0.3, 0.4) is 0 Å². The SMILES string of the molecule is Oc1cc2c(cc1CNc1ccc3c(c1)CCO3)OCO2.